The summed E-state index contributed by atoms with van der Waals surface area (Å²) in [5.74, 6) is -0.611. The molecule has 0 aromatic heterocycles. The van der Waals surface area contributed by atoms with E-state index in [1.807, 2.05) is 0 Å². The molecule has 0 saturated heterocycles. The van der Waals surface area contributed by atoms with Gasteiger partial charge in [0.1, 0.15) is 0 Å². The quantitative estimate of drug-likeness (QED) is 0.686. The number of carbonyl (C=O) groups is 1. The van der Waals surface area contributed by atoms with Gasteiger partial charge in [-0.25, -0.2) is 0 Å². The lowest BCUT2D eigenvalue weighted by molar-refractivity contribution is -0.142. The maximum atomic E-state index is 12.7. The molecule has 0 atom stereocenters. The number of hydrogen-bond donors (Lipinski definition) is 1. The van der Waals surface area contributed by atoms with Crippen LogP contribution in [0.25, 0.3) is 0 Å². The average Bonchev–Trinajstić information content (AvgIpc) is 2.21. The van der Waals surface area contributed by atoms with Gasteiger partial charge in [-0.1, -0.05) is 22.0 Å². The summed E-state index contributed by atoms with van der Waals surface area (Å²) in [6, 6.07) is 2.58. The van der Waals surface area contributed by atoms with Crippen molar-refractivity contribution < 1.29 is 22.7 Å². The summed E-state index contributed by atoms with van der Waals surface area (Å²) in [6.07, 6.45) is -4.86. The van der Waals surface area contributed by atoms with Gasteiger partial charge in [-0.15, -0.1) is 0 Å². The van der Waals surface area contributed by atoms with Crippen LogP contribution in [0.1, 0.15) is 18.1 Å². The van der Waals surface area contributed by atoms with Crippen molar-refractivity contribution >= 4 is 27.6 Å². The first-order chi connectivity index (χ1) is 8.27. The predicted molar refractivity (Wildman–Crippen MR) is 63.9 cm³/mol. The van der Waals surface area contributed by atoms with Crippen LogP contribution in [0.2, 0.25) is 0 Å². The largest absolute Gasteiger partial charge is 0.466 e. The maximum Gasteiger partial charge on any atom is 0.419 e. The van der Waals surface area contributed by atoms with Gasteiger partial charge >= 0.3 is 12.1 Å². The highest BCUT2D eigenvalue weighted by atomic mass is 79.9. The van der Waals surface area contributed by atoms with E-state index in [-0.39, 0.29) is 23.1 Å². The molecule has 0 bridgehead atoms. The number of esters is 1. The molecular formula is C11H11BrF3NO2. The number of ether oxygens (including phenoxy) is 1. The van der Waals surface area contributed by atoms with E-state index in [2.05, 4.69) is 20.7 Å². The highest BCUT2D eigenvalue weighted by Gasteiger charge is 2.36. The summed E-state index contributed by atoms with van der Waals surface area (Å²) in [5.41, 5.74) is 4.14. The van der Waals surface area contributed by atoms with Gasteiger partial charge in [-0.05, 0) is 18.6 Å². The molecule has 7 heteroatoms. The molecule has 0 aliphatic carbocycles. The third-order valence-corrected chi connectivity index (χ3v) is 2.87. The van der Waals surface area contributed by atoms with Gasteiger partial charge in [0.05, 0.1) is 18.6 Å². The lowest BCUT2D eigenvalue weighted by atomic mass is 10.0. The van der Waals surface area contributed by atoms with E-state index in [0.29, 0.717) is 0 Å². The second-order valence-corrected chi connectivity index (χ2v) is 4.33. The van der Waals surface area contributed by atoms with E-state index in [4.69, 9.17) is 5.73 Å². The van der Waals surface area contributed by atoms with Crippen molar-refractivity contribution in [3.8, 4) is 0 Å². The molecule has 0 spiro atoms. The average molecular weight is 326 g/mol. The number of hydrogen-bond acceptors (Lipinski definition) is 3. The SMILES string of the molecule is CCOC(=O)Cc1ccc(Br)c(C(F)(F)F)c1N. The third-order valence-electron chi connectivity index (χ3n) is 2.21. The molecule has 0 fully saturated rings. The zero-order valence-electron chi connectivity index (χ0n) is 9.47. The molecule has 100 valence electrons. The van der Waals surface area contributed by atoms with Crippen molar-refractivity contribution in [2.75, 3.05) is 12.3 Å². The van der Waals surface area contributed by atoms with Crippen LogP contribution in [-0.2, 0) is 22.1 Å². The number of nitrogens with two attached hydrogens (primary N) is 1. The molecule has 0 radical (unpaired) electrons. The van der Waals surface area contributed by atoms with E-state index < -0.39 is 23.4 Å². The van der Waals surface area contributed by atoms with Gasteiger partial charge in [0.15, 0.2) is 0 Å². The molecule has 1 aromatic rings. The van der Waals surface area contributed by atoms with Crippen LogP contribution in [0, 0.1) is 0 Å². The second-order valence-electron chi connectivity index (χ2n) is 3.47. The normalized spacial score (nSPS) is 11.4. The molecule has 1 rings (SSSR count). The Hall–Kier alpha value is -1.24. The number of alkyl halides is 3. The van der Waals surface area contributed by atoms with Crippen LogP contribution < -0.4 is 5.73 Å². The van der Waals surface area contributed by atoms with E-state index in [9.17, 15) is 18.0 Å². The number of halogens is 4. The maximum absolute atomic E-state index is 12.7. The number of rotatable bonds is 3. The van der Waals surface area contributed by atoms with Crippen LogP contribution in [0.15, 0.2) is 16.6 Å². The first-order valence-electron chi connectivity index (χ1n) is 5.07. The van der Waals surface area contributed by atoms with Crippen LogP contribution >= 0.6 is 15.9 Å². The third kappa shape index (κ3) is 3.38. The van der Waals surface area contributed by atoms with Gasteiger partial charge in [-0.3, -0.25) is 4.79 Å². The first kappa shape index (κ1) is 14.8. The standard InChI is InChI=1S/C11H11BrF3NO2/c1-2-18-8(17)5-6-3-4-7(12)9(10(6)16)11(13,14)15/h3-4H,2,5,16H2,1H3. The Morgan fingerprint density at radius 3 is 2.56 bits per heavy atom. The Morgan fingerprint density at radius 2 is 2.06 bits per heavy atom. The molecule has 0 unspecified atom stereocenters. The minimum atomic E-state index is -4.58. The van der Waals surface area contributed by atoms with E-state index in [1.165, 1.54) is 12.1 Å². The summed E-state index contributed by atoms with van der Waals surface area (Å²) >= 11 is 2.80. The molecule has 0 aliphatic rings. The topological polar surface area (TPSA) is 52.3 Å². The smallest absolute Gasteiger partial charge is 0.419 e. The van der Waals surface area contributed by atoms with E-state index in [1.54, 1.807) is 6.92 Å². The number of benzene rings is 1. The van der Waals surface area contributed by atoms with Gasteiger partial charge in [0.2, 0.25) is 0 Å². The fourth-order valence-electron chi connectivity index (χ4n) is 1.45. The molecule has 0 aliphatic heterocycles. The fourth-order valence-corrected chi connectivity index (χ4v) is 2.02. The Balaban J connectivity index is 3.13. The lowest BCUT2D eigenvalue weighted by Crippen LogP contribution is -2.14. The second kappa shape index (κ2) is 5.60. The minimum absolute atomic E-state index is 0.101. The number of anilines is 1. The number of nitrogen functional groups attached to an aromatic ring is 1. The van der Waals surface area contributed by atoms with Crippen LogP contribution in [-0.4, -0.2) is 12.6 Å². The Labute approximate surface area is 110 Å². The Bertz CT molecular complexity index is 460. The van der Waals surface area contributed by atoms with Crippen LogP contribution in [0.3, 0.4) is 0 Å². The van der Waals surface area contributed by atoms with Gasteiger partial charge in [0, 0.05) is 10.2 Å². The molecular weight excluding hydrogens is 315 g/mol. The van der Waals surface area contributed by atoms with Crippen molar-refractivity contribution in [2.24, 2.45) is 0 Å². The zero-order chi connectivity index (χ0) is 13.9. The molecule has 2 N–H and O–H groups in total. The van der Waals surface area contributed by atoms with Crippen molar-refractivity contribution in [1.29, 1.82) is 0 Å². The summed E-state index contributed by atoms with van der Waals surface area (Å²) in [5, 5.41) is 0. The summed E-state index contributed by atoms with van der Waals surface area (Å²) in [6.45, 7) is 1.78. The van der Waals surface area contributed by atoms with Crippen molar-refractivity contribution in [2.45, 2.75) is 19.5 Å². The molecule has 0 heterocycles. The summed E-state index contributed by atoms with van der Waals surface area (Å²) in [7, 11) is 0. The summed E-state index contributed by atoms with van der Waals surface area (Å²) < 4.78 is 42.8. The van der Waals surface area contributed by atoms with Crippen molar-refractivity contribution in [1.82, 2.24) is 0 Å². The molecule has 3 nitrogen and oxygen atoms in total. The van der Waals surface area contributed by atoms with Crippen LogP contribution in [0.4, 0.5) is 18.9 Å². The zero-order valence-corrected chi connectivity index (χ0v) is 11.1. The Morgan fingerprint density at radius 1 is 1.44 bits per heavy atom. The molecule has 0 saturated carbocycles. The first-order valence-corrected chi connectivity index (χ1v) is 5.86. The van der Waals surface area contributed by atoms with Gasteiger partial charge in [0.25, 0.3) is 0 Å². The Kier molecular flexibility index (Phi) is 4.61. The lowest BCUT2D eigenvalue weighted by Gasteiger charge is -2.15. The van der Waals surface area contributed by atoms with E-state index in [0.717, 1.165) is 0 Å². The van der Waals surface area contributed by atoms with Gasteiger partial charge < -0.3 is 10.5 Å². The monoisotopic (exact) mass is 325 g/mol. The highest BCUT2D eigenvalue weighted by Crippen LogP contribution is 2.40. The molecule has 0 amide bonds. The predicted octanol–water partition coefficient (Wildman–Crippen LogP) is 3.16. The van der Waals surface area contributed by atoms with Gasteiger partial charge in [-0.2, -0.15) is 13.2 Å². The van der Waals surface area contributed by atoms with Crippen molar-refractivity contribution in [3.63, 3.8) is 0 Å². The van der Waals surface area contributed by atoms with Crippen LogP contribution in [0.5, 0.6) is 0 Å². The fraction of sp³-hybridized carbons (Fsp3) is 0.364. The highest BCUT2D eigenvalue weighted by molar-refractivity contribution is 9.10. The van der Waals surface area contributed by atoms with Crippen molar-refractivity contribution in [3.05, 3.63) is 27.7 Å². The van der Waals surface area contributed by atoms with E-state index >= 15 is 0 Å². The number of carbonyl (C=O) groups excluding carboxylic acids is 1. The molecule has 1 aromatic carbocycles. The summed E-state index contributed by atoms with van der Waals surface area (Å²) in [4.78, 5) is 11.2. The molecule has 18 heavy (non-hydrogen) atoms. The minimum Gasteiger partial charge on any atom is -0.466 e.